The summed E-state index contributed by atoms with van der Waals surface area (Å²) in [7, 11) is 0. The average molecular weight is 219 g/mol. The van der Waals surface area contributed by atoms with E-state index in [0.717, 1.165) is 17.0 Å². The molecule has 0 fully saturated rings. The van der Waals surface area contributed by atoms with Crippen LogP contribution in [0, 0.1) is 6.92 Å². The highest BCUT2D eigenvalue weighted by Crippen LogP contribution is 2.30. The summed E-state index contributed by atoms with van der Waals surface area (Å²) in [6.45, 7) is 4.75. The van der Waals surface area contributed by atoms with Crippen molar-refractivity contribution in [2.24, 2.45) is 0 Å². The molecule has 0 amide bonds. The van der Waals surface area contributed by atoms with Gasteiger partial charge in [-0.15, -0.1) is 11.3 Å². The maximum atomic E-state index is 5.58. The van der Waals surface area contributed by atoms with E-state index in [2.05, 4.69) is 24.0 Å². The monoisotopic (exact) mass is 219 g/mol. The van der Waals surface area contributed by atoms with Gasteiger partial charge in [-0.1, -0.05) is 11.6 Å². The van der Waals surface area contributed by atoms with Crippen LogP contribution >= 0.6 is 11.3 Å². The van der Waals surface area contributed by atoms with Gasteiger partial charge < -0.3 is 4.74 Å². The van der Waals surface area contributed by atoms with E-state index in [1.165, 1.54) is 5.56 Å². The van der Waals surface area contributed by atoms with Crippen LogP contribution in [0.5, 0.6) is 5.75 Å². The summed E-state index contributed by atoms with van der Waals surface area (Å²) >= 11 is 1.60. The molecular formula is C12H13NOS. The molecule has 0 aliphatic carbocycles. The summed E-state index contributed by atoms with van der Waals surface area (Å²) in [6, 6.07) is 6.18. The highest BCUT2D eigenvalue weighted by atomic mass is 32.1. The minimum atomic E-state index is 0.681. The Balaban J connectivity index is 2.47. The number of aryl methyl sites for hydroxylation is 1. The van der Waals surface area contributed by atoms with Gasteiger partial charge in [0.25, 0.3) is 0 Å². The minimum absolute atomic E-state index is 0.681. The Kier molecular flexibility index (Phi) is 3.02. The third kappa shape index (κ3) is 2.18. The first kappa shape index (κ1) is 10.2. The third-order valence-corrected chi connectivity index (χ3v) is 2.73. The van der Waals surface area contributed by atoms with Crippen molar-refractivity contribution in [3.63, 3.8) is 0 Å². The normalized spacial score (nSPS) is 10.3. The zero-order valence-corrected chi connectivity index (χ0v) is 9.67. The summed E-state index contributed by atoms with van der Waals surface area (Å²) in [4.78, 5) is 4.31. The Morgan fingerprint density at radius 2 is 2.27 bits per heavy atom. The number of aromatic nitrogens is 1. The van der Waals surface area contributed by atoms with E-state index in [1.807, 2.05) is 23.9 Å². The lowest BCUT2D eigenvalue weighted by Gasteiger charge is -2.08. The van der Waals surface area contributed by atoms with E-state index < -0.39 is 0 Å². The lowest BCUT2D eigenvalue weighted by atomic mass is 10.1. The van der Waals surface area contributed by atoms with Crippen molar-refractivity contribution >= 4 is 11.3 Å². The SMILES string of the molecule is CCOc1ccc(C)cc1-c1cscn1. The van der Waals surface area contributed by atoms with E-state index in [9.17, 15) is 0 Å². The van der Waals surface area contributed by atoms with Crippen molar-refractivity contribution in [3.8, 4) is 17.0 Å². The van der Waals surface area contributed by atoms with Crippen LogP contribution in [0.3, 0.4) is 0 Å². The zero-order valence-electron chi connectivity index (χ0n) is 8.86. The molecule has 2 nitrogen and oxygen atoms in total. The van der Waals surface area contributed by atoms with Crippen molar-refractivity contribution < 1.29 is 4.74 Å². The highest BCUT2D eigenvalue weighted by Gasteiger charge is 2.07. The Hall–Kier alpha value is -1.35. The number of hydrogen-bond donors (Lipinski definition) is 0. The molecule has 1 aromatic carbocycles. The molecule has 0 bridgehead atoms. The smallest absolute Gasteiger partial charge is 0.128 e. The number of nitrogens with zero attached hydrogens (tertiary/aromatic N) is 1. The Bertz CT molecular complexity index is 437. The number of hydrogen-bond acceptors (Lipinski definition) is 3. The maximum Gasteiger partial charge on any atom is 0.128 e. The van der Waals surface area contributed by atoms with Gasteiger partial charge in [-0.25, -0.2) is 4.98 Å². The van der Waals surface area contributed by atoms with Gasteiger partial charge >= 0.3 is 0 Å². The minimum Gasteiger partial charge on any atom is -0.493 e. The second-order valence-electron chi connectivity index (χ2n) is 3.31. The maximum absolute atomic E-state index is 5.58. The predicted octanol–water partition coefficient (Wildman–Crippen LogP) is 3.52. The standard InChI is InChI=1S/C12H13NOS/c1-3-14-12-5-4-9(2)6-10(12)11-7-15-8-13-11/h4-8H,3H2,1-2H3. The zero-order chi connectivity index (χ0) is 10.7. The number of rotatable bonds is 3. The van der Waals surface area contributed by atoms with E-state index in [4.69, 9.17) is 4.74 Å². The molecule has 1 heterocycles. The van der Waals surface area contributed by atoms with Gasteiger partial charge in [0, 0.05) is 10.9 Å². The summed E-state index contributed by atoms with van der Waals surface area (Å²) < 4.78 is 5.58. The molecule has 78 valence electrons. The summed E-state index contributed by atoms with van der Waals surface area (Å²) in [5.41, 5.74) is 5.14. The summed E-state index contributed by atoms with van der Waals surface area (Å²) in [6.07, 6.45) is 0. The predicted molar refractivity (Wildman–Crippen MR) is 63.5 cm³/mol. The molecule has 1 aromatic heterocycles. The van der Waals surface area contributed by atoms with E-state index in [1.54, 1.807) is 11.3 Å². The quantitative estimate of drug-likeness (QED) is 0.788. The fourth-order valence-corrected chi connectivity index (χ4v) is 2.02. The molecule has 0 spiro atoms. The molecule has 2 rings (SSSR count). The number of benzene rings is 1. The van der Waals surface area contributed by atoms with Gasteiger partial charge in [-0.3, -0.25) is 0 Å². The lowest BCUT2D eigenvalue weighted by molar-refractivity contribution is 0.341. The van der Waals surface area contributed by atoms with Crippen LogP contribution < -0.4 is 4.74 Å². The van der Waals surface area contributed by atoms with Crippen LogP contribution in [0.2, 0.25) is 0 Å². The van der Waals surface area contributed by atoms with E-state index in [0.29, 0.717) is 6.61 Å². The first-order chi connectivity index (χ1) is 7.31. The first-order valence-electron chi connectivity index (χ1n) is 4.93. The molecule has 0 N–H and O–H groups in total. The van der Waals surface area contributed by atoms with Crippen molar-refractivity contribution in [1.29, 1.82) is 0 Å². The molecule has 0 aliphatic heterocycles. The first-order valence-corrected chi connectivity index (χ1v) is 5.87. The average Bonchev–Trinajstić information content (AvgIpc) is 2.74. The van der Waals surface area contributed by atoms with Crippen LogP contribution in [0.1, 0.15) is 12.5 Å². The van der Waals surface area contributed by atoms with Gasteiger partial charge in [-0.2, -0.15) is 0 Å². The summed E-state index contributed by atoms with van der Waals surface area (Å²) in [5, 5.41) is 2.04. The highest BCUT2D eigenvalue weighted by molar-refractivity contribution is 7.07. The second-order valence-corrected chi connectivity index (χ2v) is 4.02. The van der Waals surface area contributed by atoms with Crippen LogP contribution in [0.25, 0.3) is 11.3 Å². The molecule has 0 saturated heterocycles. The second kappa shape index (κ2) is 4.45. The lowest BCUT2D eigenvalue weighted by Crippen LogP contribution is -1.94. The molecule has 15 heavy (non-hydrogen) atoms. The van der Waals surface area contributed by atoms with Gasteiger partial charge in [0.15, 0.2) is 0 Å². The van der Waals surface area contributed by atoms with Crippen LogP contribution in [-0.2, 0) is 0 Å². The molecule has 2 aromatic rings. The van der Waals surface area contributed by atoms with E-state index in [-0.39, 0.29) is 0 Å². The summed E-state index contributed by atoms with van der Waals surface area (Å²) in [5.74, 6) is 0.911. The van der Waals surface area contributed by atoms with Crippen molar-refractivity contribution in [2.75, 3.05) is 6.61 Å². The van der Waals surface area contributed by atoms with Gasteiger partial charge in [0.1, 0.15) is 5.75 Å². The topological polar surface area (TPSA) is 22.1 Å². The molecule has 0 radical (unpaired) electrons. The molecule has 3 heteroatoms. The number of thiazole rings is 1. The fourth-order valence-electron chi connectivity index (χ4n) is 1.47. The van der Waals surface area contributed by atoms with Crippen LogP contribution in [-0.4, -0.2) is 11.6 Å². The van der Waals surface area contributed by atoms with Crippen LogP contribution in [0.4, 0.5) is 0 Å². The largest absolute Gasteiger partial charge is 0.493 e. The van der Waals surface area contributed by atoms with Gasteiger partial charge in [-0.05, 0) is 26.0 Å². The molecule has 0 saturated carbocycles. The fraction of sp³-hybridized carbons (Fsp3) is 0.250. The third-order valence-electron chi connectivity index (χ3n) is 2.14. The van der Waals surface area contributed by atoms with E-state index >= 15 is 0 Å². The molecular weight excluding hydrogens is 206 g/mol. The molecule has 0 aliphatic rings. The van der Waals surface area contributed by atoms with Crippen molar-refractivity contribution in [1.82, 2.24) is 4.98 Å². The van der Waals surface area contributed by atoms with Crippen LogP contribution in [0.15, 0.2) is 29.1 Å². The van der Waals surface area contributed by atoms with Gasteiger partial charge in [0.05, 0.1) is 17.8 Å². The molecule has 0 unspecified atom stereocenters. The Morgan fingerprint density at radius 1 is 1.40 bits per heavy atom. The van der Waals surface area contributed by atoms with Crippen molar-refractivity contribution in [3.05, 3.63) is 34.7 Å². The van der Waals surface area contributed by atoms with Crippen molar-refractivity contribution in [2.45, 2.75) is 13.8 Å². The van der Waals surface area contributed by atoms with Gasteiger partial charge in [0.2, 0.25) is 0 Å². The molecule has 0 atom stereocenters. The Morgan fingerprint density at radius 3 is 2.93 bits per heavy atom. The Labute approximate surface area is 93.6 Å². The number of ether oxygens (including phenoxy) is 1.